The standard InChI is InChI=1S/C12H11N5O3S/c1-6(21-12-17-13-5-20-12)10(18)14-7-2-3-8-9(4-7)16-11(19)15-8/h2-6H,1H3,(H,14,18)(H2,15,16,19). The van der Waals surface area contributed by atoms with Gasteiger partial charge in [-0.1, -0.05) is 11.8 Å². The van der Waals surface area contributed by atoms with Crippen molar-refractivity contribution in [2.45, 2.75) is 17.4 Å². The van der Waals surface area contributed by atoms with Crippen LogP contribution in [-0.4, -0.2) is 31.3 Å². The number of fused-ring (bicyclic) bond motifs is 1. The molecule has 0 fully saturated rings. The second-order valence-electron chi connectivity index (χ2n) is 4.29. The molecule has 0 spiro atoms. The number of anilines is 1. The molecule has 0 aliphatic carbocycles. The van der Waals surface area contributed by atoms with Crippen LogP contribution in [0.5, 0.6) is 0 Å². The topological polar surface area (TPSA) is 117 Å². The zero-order valence-corrected chi connectivity index (χ0v) is 11.7. The van der Waals surface area contributed by atoms with Crippen molar-refractivity contribution in [1.82, 2.24) is 20.2 Å². The number of rotatable bonds is 4. The molecule has 3 aromatic rings. The Morgan fingerprint density at radius 1 is 1.38 bits per heavy atom. The molecule has 1 unspecified atom stereocenters. The highest BCUT2D eigenvalue weighted by molar-refractivity contribution is 8.00. The number of hydrogen-bond donors (Lipinski definition) is 3. The van der Waals surface area contributed by atoms with Gasteiger partial charge < -0.3 is 19.7 Å². The summed E-state index contributed by atoms with van der Waals surface area (Å²) in [5, 5.41) is 9.97. The van der Waals surface area contributed by atoms with Crippen molar-refractivity contribution in [2.75, 3.05) is 5.32 Å². The third kappa shape index (κ3) is 2.97. The minimum absolute atomic E-state index is 0.199. The van der Waals surface area contributed by atoms with Crippen LogP contribution < -0.4 is 11.0 Å². The highest BCUT2D eigenvalue weighted by atomic mass is 32.2. The molecule has 1 amide bonds. The van der Waals surface area contributed by atoms with Crippen molar-refractivity contribution < 1.29 is 9.21 Å². The van der Waals surface area contributed by atoms with E-state index in [9.17, 15) is 9.59 Å². The van der Waals surface area contributed by atoms with E-state index in [0.29, 0.717) is 21.9 Å². The molecule has 108 valence electrons. The molecule has 0 aliphatic rings. The van der Waals surface area contributed by atoms with E-state index >= 15 is 0 Å². The van der Waals surface area contributed by atoms with Gasteiger partial charge in [0.15, 0.2) is 0 Å². The molecular formula is C12H11N5O3S. The molecule has 3 rings (SSSR count). The van der Waals surface area contributed by atoms with Gasteiger partial charge in [-0.2, -0.15) is 0 Å². The van der Waals surface area contributed by atoms with E-state index in [1.54, 1.807) is 25.1 Å². The molecular weight excluding hydrogens is 294 g/mol. The second-order valence-corrected chi connectivity index (χ2v) is 5.59. The van der Waals surface area contributed by atoms with Crippen molar-refractivity contribution in [3.63, 3.8) is 0 Å². The number of aromatic amines is 2. The normalized spacial score (nSPS) is 12.4. The Morgan fingerprint density at radius 2 is 2.19 bits per heavy atom. The third-order valence-electron chi connectivity index (χ3n) is 2.77. The molecule has 3 N–H and O–H groups in total. The first kappa shape index (κ1) is 13.4. The van der Waals surface area contributed by atoms with Gasteiger partial charge in [-0.05, 0) is 25.1 Å². The van der Waals surface area contributed by atoms with E-state index in [2.05, 4.69) is 25.5 Å². The van der Waals surface area contributed by atoms with E-state index in [-0.39, 0.29) is 11.6 Å². The Kier molecular flexibility index (Phi) is 3.48. The molecule has 1 aromatic carbocycles. The van der Waals surface area contributed by atoms with Crippen LogP contribution >= 0.6 is 11.8 Å². The number of nitrogens with one attached hydrogen (secondary N) is 3. The number of imidazole rings is 1. The zero-order chi connectivity index (χ0) is 14.8. The maximum Gasteiger partial charge on any atom is 0.323 e. The van der Waals surface area contributed by atoms with Crippen LogP contribution in [-0.2, 0) is 4.79 Å². The Bertz CT molecular complexity index is 823. The third-order valence-corrected chi connectivity index (χ3v) is 3.72. The molecule has 1 atom stereocenters. The van der Waals surface area contributed by atoms with Crippen LogP contribution in [0.2, 0.25) is 0 Å². The van der Waals surface area contributed by atoms with Crippen LogP contribution in [0.1, 0.15) is 6.92 Å². The van der Waals surface area contributed by atoms with Gasteiger partial charge in [0.1, 0.15) is 0 Å². The summed E-state index contributed by atoms with van der Waals surface area (Å²) in [6, 6.07) is 5.13. The number of carbonyl (C=O) groups excluding carboxylic acids is 1. The van der Waals surface area contributed by atoms with Crippen LogP contribution in [0, 0.1) is 0 Å². The predicted octanol–water partition coefficient (Wildman–Crippen LogP) is 1.36. The molecule has 0 radical (unpaired) electrons. The first-order chi connectivity index (χ1) is 10.1. The number of thioether (sulfide) groups is 1. The Hall–Kier alpha value is -2.55. The summed E-state index contributed by atoms with van der Waals surface area (Å²) in [5.41, 5.74) is 1.64. The number of hydrogen-bond acceptors (Lipinski definition) is 6. The van der Waals surface area contributed by atoms with Crippen molar-refractivity contribution >= 4 is 34.4 Å². The molecule has 0 aliphatic heterocycles. The van der Waals surface area contributed by atoms with Gasteiger partial charge in [0.25, 0.3) is 5.22 Å². The maximum absolute atomic E-state index is 12.1. The summed E-state index contributed by atoms with van der Waals surface area (Å²) in [7, 11) is 0. The number of benzene rings is 1. The summed E-state index contributed by atoms with van der Waals surface area (Å²) in [6.45, 7) is 1.74. The van der Waals surface area contributed by atoms with Crippen molar-refractivity contribution in [3.8, 4) is 0 Å². The van der Waals surface area contributed by atoms with E-state index in [0.717, 1.165) is 0 Å². The molecule has 2 heterocycles. The SMILES string of the molecule is CC(Sc1nnco1)C(=O)Nc1ccc2[nH]c(=O)[nH]c2c1. The summed E-state index contributed by atoms with van der Waals surface area (Å²) in [6.07, 6.45) is 1.21. The van der Waals surface area contributed by atoms with Gasteiger partial charge in [0.2, 0.25) is 12.3 Å². The summed E-state index contributed by atoms with van der Waals surface area (Å²) in [5.74, 6) is -0.199. The van der Waals surface area contributed by atoms with E-state index in [1.807, 2.05) is 0 Å². The smallest absolute Gasteiger partial charge is 0.323 e. The fourth-order valence-electron chi connectivity index (χ4n) is 1.77. The monoisotopic (exact) mass is 305 g/mol. The van der Waals surface area contributed by atoms with Crippen LogP contribution in [0.15, 0.2) is 39.0 Å². The summed E-state index contributed by atoms with van der Waals surface area (Å²) in [4.78, 5) is 28.5. The summed E-state index contributed by atoms with van der Waals surface area (Å²) >= 11 is 1.17. The van der Waals surface area contributed by atoms with Gasteiger partial charge in [0.05, 0.1) is 16.3 Å². The average Bonchev–Trinajstić information content (AvgIpc) is 3.06. The fraction of sp³-hybridized carbons (Fsp3) is 0.167. The van der Waals surface area contributed by atoms with Crippen molar-refractivity contribution in [2.24, 2.45) is 0 Å². The lowest BCUT2D eigenvalue weighted by Gasteiger charge is -2.09. The van der Waals surface area contributed by atoms with Crippen molar-refractivity contribution in [3.05, 3.63) is 35.1 Å². The van der Waals surface area contributed by atoms with E-state index in [1.165, 1.54) is 18.2 Å². The van der Waals surface area contributed by atoms with E-state index < -0.39 is 5.25 Å². The molecule has 2 aromatic heterocycles. The molecule has 0 saturated heterocycles. The Morgan fingerprint density at radius 3 is 2.95 bits per heavy atom. The summed E-state index contributed by atoms with van der Waals surface area (Å²) < 4.78 is 4.98. The maximum atomic E-state index is 12.1. The van der Waals surface area contributed by atoms with Gasteiger partial charge in [-0.15, -0.1) is 10.2 Å². The lowest BCUT2D eigenvalue weighted by molar-refractivity contribution is -0.115. The predicted molar refractivity (Wildman–Crippen MR) is 77.2 cm³/mol. The lowest BCUT2D eigenvalue weighted by atomic mass is 10.2. The van der Waals surface area contributed by atoms with Gasteiger partial charge in [0, 0.05) is 5.69 Å². The van der Waals surface area contributed by atoms with Crippen LogP contribution in [0.3, 0.4) is 0 Å². The zero-order valence-electron chi connectivity index (χ0n) is 10.9. The molecule has 8 nitrogen and oxygen atoms in total. The quantitative estimate of drug-likeness (QED) is 0.627. The van der Waals surface area contributed by atoms with Gasteiger partial charge >= 0.3 is 5.69 Å². The van der Waals surface area contributed by atoms with Crippen LogP contribution in [0.25, 0.3) is 11.0 Å². The number of H-pyrrole nitrogens is 2. The molecule has 0 bridgehead atoms. The second kappa shape index (κ2) is 5.44. The minimum atomic E-state index is -0.397. The fourth-order valence-corrected chi connectivity index (χ4v) is 2.43. The molecule has 21 heavy (non-hydrogen) atoms. The highest BCUT2D eigenvalue weighted by Crippen LogP contribution is 2.22. The van der Waals surface area contributed by atoms with Gasteiger partial charge in [-0.25, -0.2) is 4.79 Å². The van der Waals surface area contributed by atoms with Gasteiger partial charge in [-0.3, -0.25) is 4.79 Å². The first-order valence-electron chi connectivity index (χ1n) is 6.07. The van der Waals surface area contributed by atoms with Crippen molar-refractivity contribution in [1.29, 1.82) is 0 Å². The largest absolute Gasteiger partial charge is 0.419 e. The molecule has 0 saturated carbocycles. The number of aromatic nitrogens is 4. The van der Waals surface area contributed by atoms with E-state index in [4.69, 9.17) is 4.42 Å². The lowest BCUT2D eigenvalue weighted by Crippen LogP contribution is -2.22. The number of amides is 1. The highest BCUT2D eigenvalue weighted by Gasteiger charge is 2.17. The minimum Gasteiger partial charge on any atom is -0.419 e. The number of nitrogens with zero attached hydrogens (tertiary/aromatic N) is 2. The Labute approximate surface area is 122 Å². The van der Waals surface area contributed by atoms with Crippen LogP contribution in [0.4, 0.5) is 5.69 Å². The molecule has 9 heteroatoms. The number of carbonyl (C=O) groups is 1. The Balaban J connectivity index is 1.71. The first-order valence-corrected chi connectivity index (χ1v) is 6.95. The average molecular weight is 305 g/mol.